The number of anilines is 1. The molecule has 3 radical (unpaired) electrons. The van der Waals surface area contributed by atoms with Gasteiger partial charge in [0.1, 0.15) is 26.1 Å². The van der Waals surface area contributed by atoms with Crippen LogP contribution < -0.4 is 5.32 Å². The minimum absolute atomic E-state index is 0. The summed E-state index contributed by atoms with van der Waals surface area (Å²) in [5.74, 6) is -2.50. The second kappa shape index (κ2) is 20.2. The fourth-order valence-electron chi connectivity index (χ4n) is 5.61. The summed E-state index contributed by atoms with van der Waals surface area (Å²) in [6.07, 6.45) is 0. The summed E-state index contributed by atoms with van der Waals surface area (Å²) in [6.45, 7) is -0.210. The van der Waals surface area contributed by atoms with Crippen LogP contribution in [0.3, 0.4) is 0 Å². The second-order valence-corrected chi connectivity index (χ2v) is 16.9. The van der Waals surface area contributed by atoms with E-state index in [-0.39, 0.29) is 133 Å². The van der Waals surface area contributed by atoms with Crippen molar-refractivity contribution in [1.82, 2.24) is 14.9 Å². The van der Waals surface area contributed by atoms with Crippen molar-refractivity contribution in [3.63, 3.8) is 0 Å². The molecule has 18 nitrogen and oxygen atoms in total. The Hall–Kier alpha value is -2.65. The Balaban J connectivity index is 0.00000320. The van der Waals surface area contributed by atoms with Crippen LogP contribution in [0.25, 0.3) is 21.8 Å². The number of amides is 2. The molecule has 6 aromatic rings. The fourth-order valence-corrected chi connectivity index (χ4v) is 7.81. The van der Waals surface area contributed by atoms with Crippen molar-refractivity contribution in [2.24, 2.45) is 10.2 Å². The number of hydrogen-bond acceptors (Lipinski definition) is 13. The predicted octanol–water partition coefficient (Wildman–Crippen LogP) is 5.33. The second-order valence-electron chi connectivity index (χ2n) is 12.0. The number of azo groups is 1. The van der Waals surface area contributed by atoms with E-state index in [9.17, 15) is 53.6 Å². The quantitative estimate of drug-likeness (QED) is 0.0659. The first kappa shape index (κ1) is 51.7. The number of halogens is 2. The number of nitrogens with zero attached hydrogens (tertiary/aromatic N) is 5. The van der Waals surface area contributed by atoms with Crippen LogP contribution >= 0.6 is 23.2 Å². The van der Waals surface area contributed by atoms with Crippen molar-refractivity contribution in [2.45, 2.75) is 21.2 Å². The molecule has 26 heteroatoms. The molecule has 6 rings (SSSR count). The number of rotatable bonds is 10. The zero-order valence-electron chi connectivity index (χ0n) is 31.6. The van der Waals surface area contributed by atoms with Crippen molar-refractivity contribution in [1.29, 1.82) is 0 Å². The van der Waals surface area contributed by atoms with Crippen LogP contribution in [0.15, 0.2) is 110 Å². The Bertz CT molecular complexity index is 3060. The number of carbonyl (C=O) groups excluding carboxylic acids is 2. The van der Waals surface area contributed by atoms with Gasteiger partial charge in [0, 0.05) is 119 Å². The van der Waals surface area contributed by atoms with Gasteiger partial charge in [-0.1, -0.05) is 47.5 Å². The summed E-state index contributed by atoms with van der Waals surface area (Å²) in [4.78, 5) is 32.8. The maximum Gasteiger partial charge on any atom is 0.296 e. The van der Waals surface area contributed by atoms with Gasteiger partial charge in [0.15, 0.2) is 16.1 Å². The van der Waals surface area contributed by atoms with Gasteiger partial charge in [0.05, 0.1) is 22.1 Å². The third-order valence-electron chi connectivity index (χ3n) is 8.17. The van der Waals surface area contributed by atoms with Crippen molar-refractivity contribution < 1.29 is 53.6 Å². The summed E-state index contributed by atoms with van der Waals surface area (Å²) in [5, 5.41) is 20.0. The summed E-state index contributed by atoms with van der Waals surface area (Å²) >= 11 is 11.9. The number of carbonyl (C=O) groups is 2. The topological polar surface area (TPSA) is 283 Å². The van der Waals surface area contributed by atoms with E-state index >= 15 is 0 Å². The first-order valence-electron chi connectivity index (χ1n) is 15.7. The predicted molar refractivity (Wildman–Crippen MR) is 223 cm³/mol. The Morgan fingerprint density at radius 3 is 1.88 bits per heavy atom. The molecule has 297 valence electrons. The standard InChI is InChI=1S/C34H24Cl2N6O12S3.3Na/c1-42(34(45)19-8-9-21-23(14-19)38-32(36)31(35)37-21)16-17-7-11-26(56(49,50)51)24(13-17)40-41-29-27(57(52,53)54)15-20-25(55(46,47)48)12-10-22(28(20)30(29)43)39-33(44)18-5-3-2-4-6-18;;;/h2-15,43H,16H2,1H3,(H,39,44)(H,46,47,48)(H,49,50,51)(H,52,53,54);;;. The van der Waals surface area contributed by atoms with E-state index in [1.165, 1.54) is 48.3 Å². The van der Waals surface area contributed by atoms with Gasteiger partial charge in [-0.3, -0.25) is 23.2 Å². The van der Waals surface area contributed by atoms with Crippen molar-refractivity contribution in [3.8, 4) is 5.75 Å². The van der Waals surface area contributed by atoms with Crippen LogP contribution in [0.1, 0.15) is 26.3 Å². The van der Waals surface area contributed by atoms with Crippen molar-refractivity contribution >= 4 is 193 Å². The molecular formula is C34H24Cl2N6Na3O12S3. The molecule has 60 heavy (non-hydrogen) atoms. The van der Waals surface area contributed by atoms with E-state index in [1.807, 2.05) is 0 Å². The Morgan fingerprint density at radius 1 is 0.700 bits per heavy atom. The van der Waals surface area contributed by atoms with E-state index in [0.29, 0.717) is 11.6 Å². The Morgan fingerprint density at radius 2 is 1.28 bits per heavy atom. The van der Waals surface area contributed by atoms with Crippen molar-refractivity contribution in [2.75, 3.05) is 12.4 Å². The van der Waals surface area contributed by atoms with Gasteiger partial charge in [-0.25, -0.2) is 9.97 Å². The number of hydrogen-bond donors (Lipinski definition) is 5. The number of nitrogens with one attached hydrogen (secondary N) is 1. The smallest absolute Gasteiger partial charge is 0.296 e. The average molecular weight is 945 g/mol. The molecule has 5 N–H and O–H groups in total. The maximum atomic E-state index is 13.4. The van der Waals surface area contributed by atoms with Crippen LogP contribution in [-0.4, -0.2) is 166 Å². The monoisotopic (exact) mass is 943 g/mol. The number of aromatic nitrogens is 2. The van der Waals surface area contributed by atoms with Crippen LogP contribution in [-0.2, 0) is 36.9 Å². The van der Waals surface area contributed by atoms with E-state index in [1.54, 1.807) is 18.2 Å². The largest absolute Gasteiger partial charge is 0.505 e. The Kier molecular flexibility index (Phi) is 17.4. The number of phenolic OH excluding ortho intramolecular Hbond substituents is 1. The van der Waals surface area contributed by atoms with Crippen LogP contribution in [0.4, 0.5) is 17.1 Å². The van der Waals surface area contributed by atoms with E-state index in [4.69, 9.17) is 23.2 Å². The third-order valence-corrected chi connectivity index (χ3v) is 11.5. The van der Waals surface area contributed by atoms with Crippen LogP contribution in [0.5, 0.6) is 5.75 Å². The molecular weight excluding hydrogens is 920 g/mol. The first-order valence-corrected chi connectivity index (χ1v) is 20.8. The van der Waals surface area contributed by atoms with Gasteiger partial charge >= 0.3 is 0 Å². The normalized spacial score (nSPS) is 11.7. The SMILES string of the molecule is CN(Cc1ccc(S(=O)(=O)O)c(N=Nc2c(S(=O)(=O)O)cc3c(S(=O)(=O)O)ccc(NC(=O)c4ccccc4)c3c2O)c1)C(=O)c1ccc2nc(Cl)c(Cl)nc2c1.[Na].[Na].[Na]. The molecule has 0 spiro atoms. The number of benzene rings is 5. The summed E-state index contributed by atoms with van der Waals surface area (Å²) < 4.78 is 105. The molecule has 0 fully saturated rings. The molecule has 0 aliphatic rings. The van der Waals surface area contributed by atoms with E-state index in [2.05, 4.69) is 25.5 Å². The zero-order valence-corrected chi connectivity index (χ0v) is 41.5. The summed E-state index contributed by atoms with van der Waals surface area (Å²) in [6, 6.07) is 17.5. The molecule has 0 saturated carbocycles. The molecule has 0 saturated heterocycles. The summed E-state index contributed by atoms with van der Waals surface area (Å²) in [5.41, 5.74) is -0.935. The molecule has 0 bridgehead atoms. The molecule has 5 aromatic carbocycles. The molecule has 0 unspecified atom stereocenters. The zero-order chi connectivity index (χ0) is 41.6. The first-order chi connectivity index (χ1) is 26.6. The average Bonchev–Trinajstić information content (AvgIpc) is 3.13. The number of aromatic hydroxyl groups is 1. The number of fused-ring (bicyclic) bond motifs is 2. The van der Waals surface area contributed by atoms with Crippen LogP contribution in [0, 0.1) is 0 Å². The number of phenols is 1. The maximum absolute atomic E-state index is 13.4. The van der Waals surface area contributed by atoms with Gasteiger partial charge in [-0.15, -0.1) is 10.2 Å². The Labute approximate surface area is 417 Å². The third kappa shape index (κ3) is 11.5. The van der Waals surface area contributed by atoms with Crippen LogP contribution in [0.2, 0.25) is 10.3 Å². The molecule has 0 aliphatic heterocycles. The van der Waals surface area contributed by atoms with E-state index in [0.717, 1.165) is 24.3 Å². The van der Waals surface area contributed by atoms with Gasteiger partial charge in [0.2, 0.25) is 0 Å². The summed E-state index contributed by atoms with van der Waals surface area (Å²) in [7, 11) is -14.2. The van der Waals surface area contributed by atoms with Gasteiger partial charge < -0.3 is 15.3 Å². The molecule has 0 aliphatic carbocycles. The van der Waals surface area contributed by atoms with Gasteiger partial charge in [-0.05, 0) is 66.2 Å². The van der Waals surface area contributed by atoms with Gasteiger partial charge in [-0.2, -0.15) is 25.3 Å². The molecule has 0 atom stereocenters. The van der Waals surface area contributed by atoms with E-state index < -0.39 is 84.8 Å². The van der Waals surface area contributed by atoms with Crippen molar-refractivity contribution in [3.05, 3.63) is 112 Å². The van der Waals surface area contributed by atoms with Gasteiger partial charge in [0.25, 0.3) is 42.2 Å². The minimum Gasteiger partial charge on any atom is -0.505 e. The molecule has 1 aromatic heterocycles. The fraction of sp³-hybridized carbons (Fsp3) is 0.0588. The molecule has 2 amide bonds. The molecule has 1 heterocycles. The minimum atomic E-state index is -5.42.